The van der Waals surface area contributed by atoms with Gasteiger partial charge in [0, 0.05) is 23.7 Å². The molecule has 1 aliphatic heterocycles. The molecule has 5 nitrogen and oxygen atoms in total. The molecule has 2 aromatic carbocycles. The fourth-order valence-corrected chi connectivity index (χ4v) is 2.69. The van der Waals surface area contributed by atoms with Gasteiger partial charge in [0.25, 0.3) is 0 Å². The van der Waals surface area contributed by atoms with E-state index >= 15 is 0 Å². The first-order valence-corrected chi connectivity index (χ1v) is 8.05. The Bertz CT molecular complexity index is 806. The van der Waals surface area contributed by atoms with Gasteiger partial charge in [0.2, 0.25) is 11.8 Å². The van der Waals surface area contributed by atoms with Gasteiger partial charge in [-0.1, -0.05) is 23.7 Å². The first-order valence-electron chi connectivity index (χ1n) is 7.67. The molecule has 1 saturated heterocycles. The lowest BCUT2D eigenvalue weighted by molar-refractivity contribution is -0.126. The molecule has 25 heavy (non-hydrogen) atoms. The van der Waals surface area contributed by atoms with E-state index < -0.39 is 5.92 Å². The Hall–Kier alpha value is -2.73. The lowest BCUT2D eigenvalue weighted by Crippen LogP contribution is -2.30. The second-order valence-electron chi connectivity index (χ2n) is 5.67. The maximum atomic E-state index is 13.0. The second kappa shape index (κ2) is 7.44. The SMILES string of the molecule is O=C(N/N=C/c1ccc(Cl)cc1)C1CC(=O)N(c2ccc(F)cc2)C1. The number of nitrogens with zero attached hydrogens (tertiary/aromatic N) is 2. The van der Waals surface area contributed by atoms with Crippen LogP contribution in [0.2, 0.25) is 5.02 Å². The van der Waals surface area contributed by atoms with Crippen molar-refractivity contribution in [3.8, 4) is 0 Å². The maximum Gasteiger partial charge on any atom is 0.245 e. The highest BCUT2D eigenvalue weighted by Crippen LogP contribution is 2.25. The van der Waals surface area contributed by atoms with E-state index in [2.05, 4.69) is 10.5 Å². The number of rotatable bonds is 4. The predicted molar refractivity (Wildman–Crippen MR) is 94.0 cm³/mol. The summed E-state index contributed by atoms with van der Waals surface area (Å²) in [6, 6.07) is 12.6. The zero-order valence-electron chi connectivity index (χ0n) is 13.2. The molecule has 1 heterocycles. The fourth-order valence-electron chi connectivity index (χ4n) is 2.56. The Morgan fingerprint density at radius 2 is 1.88 bits per heavy atom. The van der Waals surface area contributed by atoms with Crippen LogP contribution in [-0.2, 0) is 9.59 Å². The molecule has 0 bridgehead atoms. The zero-order valence-corrected chi connectivity index (χ0v) is 13.9. The van der Waals surface area contributed by atoms with Crippen molar-refractivity contribution in [2.24, 2.45) is 11.0 Å². The molecule has 3 rings (SSSR count). The summed E-state index contributed by atoms with van der Waals surface area (Å²) in [7, 11) is 0. The minimum Gasteiger partial charge on any atom is -0.312 e. The molecule has 2 amide bonds. The summed E-state index contributed by atoms with van der Waals surface area (Å²) >= 11 is 5.80. The minimum atomic E-state index is -0.500. The number of carbonyl (C=O) groups excluding carboxylic acids is 2. The molecule has 0 saturated carbocycles. The smallest absolute Gasteiger partial charge is 0.245 e. The van der Waals surface area contributed by atoms with Crippen LogP contribution in [0.1, 0.15) is 12.0 Å². The van der Waals surface area contributed by atoms with Crippen LogP contribution in [0.4, 0.5) is 10.1 Å². The number of anilines is 1. The number of hydrogen-bond donors (Lipinski definition) is 1. The van der Waals surface area contributed by atoms with Crippen LogP contribution in [-0.4, -0.2) is 24.6 Å². The third-order valence-electron chi connectivity index (χ3n) is 3.89. The topological polar surface area (TPSA) is 61.8 Å². The normalized spacial score (nSPS) is 17.3. The van der Waals surface area contributed by atoms with Crippen LogP contribution in [0.15, 0.2) is 53.6 Å². The van der Waals surface area contributed by atoms with E-state index in [4.69, 9.17) is 11.6 Å². The Morgan fingerprint density at radius 3 is 2.56 bits per heavy atom. The highest BCUT2D eigenvalue weighted by Gasteiger charge is 2.35. The molecule has 0 radical (unpaired) electrons. The van der Waals surface area contributed by atoms with Crippen molar-refractivity contribution in [2.75, 3.05) is 11.4 Å². The summed E-state index contributed by atoms with van der Waals surface area (Å²) in [6.45, 7) is 0.243. The van der Waals surface area contributed by atoms with E-state index in [1.54, 1.807) is 24.3 Å². The standard InChI is InChI=1S/C18H15ClFN3O2/c19-14-3-1-12(2-4-14)10-21-22-18(25)13-9-17(24)23(11-13)16-7-5-15(20)6-8-16/h1-8,10,13H,9,11H2,(H,22,25)/b21-10+. The van der Waals surface area contributed by atoms with E-state index in [0.717, 1.165) is 5.56 Å². The summed E-state index contributed by atoms with van der Waals surface area (Å²) in [5, 5.41) is 4.52. The Balaban J connectivity index is 1.59. The van der Waals surface area contributed by atoms with E-state index in [9.17, 15) is 14.0 Å². The lowest BCUT2D eigenvalue weighted by Gasteiger charge is -2.16. The van der Waals surface area contributed by atoms with Gasteiger partial charge in [-0.15, -0.1) is 0 Å². The molecule has 2 aromatic rings. The third-order valence-corrected chi connectivity index (χ3v) is 4.14. The van der Waals surface area contributed by atoms with Crippen LogP contribution in [0.3, 0.4) is 0 Å². The second-order valence-corrected chi connectivity index (χ2v) is 6.10. The van der Waals surface area contributed by atoms with E-state index in [-0.39, 0.29) is 30.6 Å². The molecular weight excluding hydrogens is 345 g/mol. The van der Waals surface area contributed by atoms with Crippen molar-refractivity contribution >= 4 is 35.3 Å². The van der Waals surface area contributed by atoms with Gasteiger partial charge in [-0.05, 0) is 42.0 Å². The number of carbonyl (C=O) groups is 2. The first-order chi connectivity index (χ1) is 12.0. The highest BCUT2D eigenvalue weighted by atomic mass is 35.5. The Kier molecular flexibility index (Phi) is 5.09. The molecule has 1 fully saturated rings. The van der Waals surface area contributed by atoms with Gasteiger partial charge in [-0.25, -0.2) is 9.82 Å². The Morgan fingerprint density at radius 1 is 1.20 bits per heavy atom. The molecule has 1 unspecified atom stereocenters. The summed E-state index contributed by atoms with van der Waals surface area (Å²) in [5.41, 5.74) is 3.82. The lowest BCUT2D eigenvalue weighted by atomic mass is 10.1. The van der Waals surface area contributed by atoms with Gasteiger partial charge in [0.15, 0.2) is 0 Å². The van der Waals surface area contributed by atoms with Crippen LogP contribution in [0, 0.1) is 11.7 Å². The molecule has 0 aromatic heterocycles. The predicted octanol–water partition coefficient (Wildman–Crippen LogP) is 2.98. The van der Waals surface area contributed by atoms with Gasteiger partial charge < -0.3 is 4.90 Å². The van der Waals surface area contributed by atoms with Crippen LogP contribution in [0.5, 0.6) is 0 Å². The van der Waals surface area contributed by atoms with E-state index in [0.29, 0.717) is 10.7 Å². The highest BCUT2D eigenvalue weighted by molar-refractivity contribution is 6.30. The van der Waals surface area contributed by atoms with Gasteiger partial charge in [-0.3, -0.25) is 9.59 Å². The average Bonchev–Trinajstić information content (AvgIpc) is 2.99. The molecule has 1 N–H and O–H groups in total. The summed E-state index contributed by atoms with van der Waals surface area (Å²) < 4.78 is 13.0. The quantitative estimate of drug-likeness (QED) is 0.674. The van der Waals surface area contributed by atoms with Crippen molar-refractivity contribution in [3.63, 3.8) is 0 Å². The van der Waals surface area contributed by atoms with Crippen molar-refractivity contribution in [1.29, 1.82) is 0 Å². The maximum absolute atomic E-state index is 13.0. The molecule has 1 aliphatic rings. The number of hydrazone groups is 1. The fraction of sp³-hybridized carbons (Fsp3) is 0.167. The third kappa shape index (κ3) is 4.22. The van der Waals surface area contributed by atoms with E-state index in [1.165, 1.54) is 35.4 Å². The van der Waals surface area contributed by atoms with Crippen molar-refractivity contribution in [2.45, 2.75) is 6.42 Å². The van der Waals surface area contributed by atoms with Gasteiger partial charge >= 0.3 is 0 Å². The first kappa shape index (κ1) is 17.1. The van der Waals surface area contributed by atoms with Crippen LogP contribution in [0.25, 0.3) is 0 Å². The van der Waals surface area contributed by atoms with Crippen molar-refractivity contribution in [1.82, 2.24) is 5.43 Å². The molecular formula is C18H15ClFN3O2. The summed E-state index contributed by atoms with van der Waals surface area (Å²) in [4.78, 5) is 25.8. The van der Waals surface area contributed by atoms with Crippen LogP contribution >= 0.6 is 11.6 Å². The molecule has 0 aliphatic carbocycles. The van der Waals surface area contributed by atoms with Crippen molar-refractivity contribution < 1.29 is 14.0 Å². The molecule has 1 atom stereocenters. The number of amides is 2. The number of hydrogen-bond acceptors (Lipinski definition) is 3. The number of nitrogens with one attached hydrogen (secondary N) is 1. The Labute approximate surface area is 149 Å². The molecule has 7 heteroatoms. The minimum absolute atomic E-state index is 0.0969. The van der Waals surface area contributed by atoms with Crippen LogP contribution < -0.4 is 10.3 Å². The van der Waals surface area contributed by atoms with E-state index in [1.807, 2.05) is 0 Å². The average molecular weight is 360 g/mol. The summed E-state index contributed by atoms with van der Waals surface area (Å²) in [6.07, 6.45) is 1.60. The number of halogens is 2. The molecule has 128 valence electrons. The number of benzene rings is 2. The van der Waals surface area contributed by atoms with Crippen molar-refractivity contribution in [3.05, 3.63) is 64.9 Å². The largest absolute Gasteiger partial charge is 0.312 e. The molecule has 0 spiro atoms. The zero-order chi connectivity index (χ0) is 17.8. The van der Waals surface area contributed by atoms with Gasteiger partial charge in [0.1, 0.15) is 5.82 Å². The van der Waals surface area contributed by atoms with Gasteiger partial charge in [0.05, 0.1) is 12.1 Å². The summed E-state index contributed by atoms with van der Waals surface area (Å²) in [5.74, 6) is -1.38. The van der Waals surface area contributed by atoms with Gasteiger partial charge in [-0.2, -0.15) is 5.10 Å². The monoisotopic (exact) mass is 359 g/mol.